The largest absolute Gasteiger partial charge is 0.329 e. The lowest BCUT2D eigenvalue weighted by Crippen LogP contribution is -3.10. The van der Waals surface area contributed by atoms with Crippen LogP contribution in [0.15, 0.2) is 4.79 Å². The molecule has 0 saturated carbocycles. The van der Waals surface area contributed by atoms with Gasteiger partial charge in [0.2, 0.25) is 0 Å². The fourth-order valence-corrected chi connectivity index (χ4v) is 5.22. The average Bonchev–Trinajstić information content (AvgIpc) is 2.69. The number of aromatic nitrogens is 2. The number of fused-ring (bicyclic) bond motifs is 3. The lowest BCUT2D eigenvalue weighted by atomic mass is 9.97. The molecule has 1 fully saturated rings. The number of likely N-dealkylation sites (tertiary alicyclic amines) is 1. The summed E-state index contributed by atoms with van der Waals surface area (Å²) in [7, 11) is 0. The van der Waals surface area contributed by atoms with Crippen molar-refractivity contribution in [1.82, 2.24) is 9.97 Å². The first-order valence-corrected chi connectivity index (χ1v) is 9.50. The molecule has 0 unspecified atom stereocenters. The van der Waals surface area contributed by atoms with Gasteiger partial charge in [0.15, 0.2) is 5.82 Å². The first kappa shape index (κ1) is 14.4. The Bertz CT molecular complexity index is 725. The number of nitrogens with zero attached hydrogens (tertiary/aromatic N) is 1. The summed E-state index contributed by atoms with van der Waals surface area (Å²) in [5.41, 5.74) is 1.38. The third kappa shape index (κ3) is 2.72. The van der Waals surface area contributed by atoms with Gasteiger partial charge >= 0.3 is 0 Å². The second kappa shape index (κ2) is 6.13. The van der Waals surface area contributed by atoms with Crippen LogP contribution in [0.4, 0.5) is 0 Å². The number of quaternary nitrogens is 1. The van der Waals surface area contributed by atoms with E-state index < -0.39 is 0 Å². The number of aromatic amines is 1. The molecule has 1 saturated heterocycles. The van der Waals surface area contributed by atoms with Crippen LogP contribution in [0.25, 0.3) is 10.2 Å². The first-order chi connectivity index (χ1) is 10.8. The maximum absolute atomic E-state index is 12.5. The standard InChI is InChI=1S/C17H23N3OS/c21-16-15-12-7-3-4-8-13(12)22-17(15)19-14(18-16)11-20-9-5-1-2-6-10-20/h1-11H2,(H,18,19,21)/p+1. The second-order valence-electron chi connectivity index (χ2n) is 6.74. The van der Waals surface area contributed by atoms with Crippen LogP contribution in [0.2, 0.25) is 0 Å². The Labute approximate surface area is 134 Å². The van der Waals surface area contributed by atoms with E-state index in [0.29, 0.717) is 0 Å². The van der Waals surface area contributed by atoms with Gasteiger partial charge in [-0.2, -0.15) is 0 Å². The molecule has 22 heavy (non-hydrogen) atoms. The number of H-pyrrole nitrogens is 1. The quantitative estimate of drug-likeness (QED) is 0.887. The van der Waals surface area contributed by atoms with Crippen molar-refractivity contribution in [2.24, 2.45) is 0 Å². The highest BCUT2D eigenvalue weighted by Crippen LogP contribution is 2.33. The van der Waals surface area contributed by atoms with Crippen molar-refractivity contribution in [2.75, 3.05) is 13.1 Å². The number of aryl methyl sites for hydroxylation is 2. The van der Waals surface area contributed by atoms with Gasteiger partial charge < -0.3 is 9.88 Å². The highest BCUT2D eigenvalue weighted by molar-refractivity contribution is 7.18. The lowest BCUT2D eigenvalue weighted by molar-refractivity contribution is -0.913. The fourth-order valence-electron chi connectivity index (χ4n) is 3.93. The average molecular weight is 318 g/mol. The number of nitrogens with one attached hydrogen (secondary N) is 2. The van der Waals surface area contributed by atoms with E-state index in [-0.39, 0.29) is 5.56 Å². The van der Waals surface area contributed by atoms with Crippen LogP contribution in [0, 0.1) is 0 Å². The van der Waals surface area contributed by atoms with Crippen LogP contribution in [-0.2, 0) is 19.4 Å². The van der Waals surface area contributed by atoms with Crippen LogP contribution in [-0.4, -0.2) is 23.1 Å². The minimum atomic E-state index is 0.0913. The number of hydrogen-bond donors (Lipinski definition) is 2. The summed E-state index contributed by atoms with van der Waals surface area (Å²) in [4.78, 5) is 24.4. The minimum Gasteiger partial charge on any atom is -0.329 e. The number of thiophene rings is 1. The predicted molar refractivity (Wildman–Crippen MR) is 89.8 cm³/mol. The van der Waals surface area contributed by atoms with E-state index in [1.54, 1.807) is 16.2 Å². The van der Waals surface area contributed by atoms with Gasteiger partial charge in [0, 0.05) is 4.88 Å². The monoisotopic (exact) mass is 318 g/mol. The van der Waals surface area contributed by atoms with Gasteiger partial charge in [0.25, 0.3) is 5.56 Å². The molecule has 0 radical (unpaired) electrons. The molecule has 1 aliphatic carbocycles. The normalized spacial score (nSPS) is 20.0. The maximum atomic E-state index is 12.5. The Kier molecular flexibility index (Phi) is 4.01. The van der Waals surface area contributed by atoms with Crippen molar-refractivity contribution in [3.63, 3.8) is 0 Å². The summed E-state index contributed by atoms with van der Waals surface area (Å²) in [6.45, 7) is 3.29. The molecular formula is C17H24N3OS+. The number of hydrogen-bond acceptors (Lipinski definition) is 3. The Morgan fingerprint density at radius 2 is 1.82 bits per heavy atom. The van der Waals surface area contributed by atoms with Gasteiger partial charge in [0.1, 0.15) is 11.4 Å². The summed E-state index contributed by atoms with van der Waals surface area (Å²) in [5.74, 6) is 0.882. The molecule has 0 spiro atoms. The zero-order valence-electron chi connectivity index (χ0n) is 13.0. The lowest BCUT2D eigenvalue weighted by Gasteiger charge is -2.16. The van der Waals surface area contributed by atoms with Crippen molar-refractivity contribution in [1.29, 1.82) is 0 Å². The van der Waals surface area contributed by atoms with E-state index in [0.717, 1.165) is 35.4 Å². The smallest absolute Gasteiger partial charge is 0.260 e. The minimum absolute atomic E-state index is 0.0913. The first-order valence-electron chi connectivity index (χ1n) is 8.68. The third-order valence-electron chi connectivity index (χ3n) is 5.10. The molecule has 0 atom stereocenters. The molecule has 118 valence electrons. The zero-order valence-corrected chi connectivity index (χ0v) is 13.9. The van der Waals surface area contributed by atoms with E-state index >= 15 is 0 Å². The topological polar surface area (TPSA) is 50.2 Å². The van der Waals surface area contributed by atoms with Gasteiger partial charge in [-0.15, -0.1) is 11.3 Å². The van der Waals surface area contributed by atoms with Gasteiger partial charge in [-0.3, -0.25) is 4.79 Å². The summed E-state index contributed by atoms with van der Waals surface area (Å²) in [6, 6.07) is 0. The van der Waals surface area contributed by atoms with E-state index in [2.05, 4.69) is 4.98 Å². The molecule has 0 amide bonds. The molecule has 0 bridgehead atoms. The van der Waals surface area contributed by atoms with Crippen molar-refractivity contribution in [3.8, 4) is 0 Å². The van der Waals surface area contributed by atoms with Crippen LogP contribution in [0.3, 0.4) is 0 Å². The maximum Gasteiger partial charge on any atom is 0.260 e. The van der Waals surface area contributed by atoms with E-state index in [9.17, 15) is 4.79 Å². The zero-order chi connectivity index (χ0) is 14.9. The molecule has 2 N–H and O–H groups in total. The van der Waals surface area contributed by atoms with Crippen LogP contribution in [0.1, 0.15) is 54.8 Å². The van der Waals surface area contributed by atoms with Gasteiger partial charge in [-0.1, -0.05) is 0 Å². The molecule has 4 nitrogen and oxygen atoms in total. The van der Waals surface area contributed by atoms with Crippen LogP contribution >= 0.6 is 11.3 Å². The van der Waals surface area contributed by atoms with Gasteiger partial charge in [0.05, 0.1) is 18.5 Å². The SMILES string of the molecule is O=c1[nH]c(C[NH+]2CCCCCC2)nc2sc3c(c12)CCCC3. The van der Waals surface area contributed by atoms with Crippen LogP contribution in [0.5, 0.6) is 0 Å². The Balaban J connectivity index is 1.66. The molecule has 0 aromatic carbocycles. The molecule has 5 heteroatoms. The second-order valence-corrected chi connectivity index (χ2v) is 7.83. The van der Waals surface area contributed by atoms with E-state index in [1.807, 2.05) is 0 Å². The summed E-state index contributed by atoms with van der Waals surface area (Å²) in [5, 5.41) is 0.884. The van der Waals surface area contributed by atoms with Gasteiger partial charge in [-0.25, -0.2) is 4.98 Å². The Hall–Kier alpha value is -1.20. The summed E-state index contributed by atoms with van der Waals surface area (Å²) in [6.07, 6.45) is 9.94. The molecule has 2 aliphatic rings. The molecule has 1 aliphatic heterocycles. The molecule has 3 heterocycles. The highest BCUT2D eigenvalue weighted by atomic mass is 32.1. The van der Waals surface area contributed by atoms with E-state index in [4.69, 9.17) is 4.98 Å². The van der Waals surface area contributed by atoms with Crippen molar-refractivity contribution in [2.45, 2.75) is 57.9 Å². The highest BCUT2D eigenvalue weighted by Gasteiger charge is 2.21. The Morgan fingerprint density at radius 3 is 2.64 bits per heavy atom. The molecule has 4 rings (SSSR count). The van der Waals surface area contributed by atoms with Crippen molar-refractivity contribution >= 4 is 21.6 Å². The molecular weight excluding hydrogens is 294 g/mol. The predicted octanol–water partition coefficient (Wildman–Crippen LogP) is 1.82. The summed E-state index contributed by atoms with van der Waals surface area (Å²) < 4.78 is 0. The Morgan fingerprint density at radius 1 is 1.05 bits per heavy atom. The fraction of sp³-hybridized carbons (Fsp3) is 0.647. The van der Waals surface area contributed by atoms with Crippen LogP contribution < -0.4 is 10.5 Å². The summed E-state index contributed by atoms with van der Waals surface area (Å²) >= 11 is 1.75. The van der Waals surface area contributed by atoms with Gasteiger partial charge in [-0.05, 0) is 56.9 Å². The third-order valence-corrected chi connectivity index (χ3v) is 6.29. The number of rotatable bonds is 2. The molecule has 2 aromatic rings. The molecule has 2 aromatic heterocycles. The van der Waals surface area contributed by atoms with Crippen molar-refractivity contribution < 1.29 is 4.90 Å². The van der Waals surface area contributed by atoms with Crippen molar-refractivity contribution in [3.05, 3.63) is 26.6 Å². The van der Waals surface area contributed by atoms with E-state index in [1.165, 1.54) is 62.1 Å².